The van der Waals surface area contributed by atoms with Gasteiger partial charge in [0.25, 0.3) is 0 Å². The molecule has 0 saturated heterocycles. The highest BCUT2D eigenvalue weighted by Crippen LogP contribution is 2.30. The molecule has 4 aromatic rings. The summed E-state index contributed by atoms with van der Waals surface area (Å²) >= 11 is 0. The minimum absolute atomic E-state index is 0.529. The second kappa shape index (κ2) is 6.92. The van der Waals surface area contributed by atoms with E-state index in [1.807, 2.05) is 23.6 Å². The molecule has 4 nitrogen and oxygen atoms in total. The van der Waals surface area contributed by atoms with Gasteiger partial charge in [0.1, 0.15) is 17.5 Å². The second-order valence-electron chi connectivity index (χ2n) is 7.00. The molecule has 29 heavy (non-hydrogen) atoms. The number of imidazole rings is 1. The third-order valence-corrected chi connectivity index (χ3v) is 4.89. The van der Waals surface area contributed by atoms with Crippen LogP contribution in [0.2, 0.25) is 0 Å². The van der Waals surface area contributed by atoms with Crippen molar-refractivity contribution in [3.63, 3.8) is 0 Å². The number of rotatable bonds is 3. The molecule has 0 aliphatic rings. The molecule has 2 aromatic heterocycles. The van der Waals surface area contributed by atoms with Crippen molar-refractivity contribution < 1.29 is 13.2 Å². The summed E-state index contributed by atoms with van der Waals surface area (Å²) in [6, 6.07) is 14.5. The lowest BCUT2D eigenvalue weighted by molar-refractivity contribution is -0.137. The highest BCUT2D eigenvalue weighted by molar-refractivity contribution is 5.80. The van der Waals surface area contributed by atoms with Gasteiger partial charge in [0.2, 0.25) is 0 Å². The minimum Gasteiger partial charge on any atom is -0.340 e. The number of fused-ring (bicyclic) bond motifs is 1. The molecule has 7 heteroatoms. The van der Waals surface area contributed by atoms with Gasteiger partial charge in [0.15, 0.2) is 0 Å². The molecule has 4 rings (SSSR count). The van der Waals surface area contributed by atoms with Crippen LogP contribution in [0.5, 0.6) is 0 Å². The monoisotopic (exact) mass is 396 g/mol. The van der Waals surface area contributed by atoms with Gasteiger partial charge in [-0.1, -0.05) is 6.07 Å². The van der Waals surface area contributed by atoms with Crippen molar-refractivity contribution in [3.8, 4) is 5.82 Å². The van der Waals surface area contributed by atoms with E-state index in [9.17, 15) is 13.2 Å². The predicted molar refractivity (Wildman–Crippen MR) is 108 cm³/mol. The van der Waals surface area contributed by atoms with E-state index in [1.54, 1.807) is 6.07 Å². The van der Waals surface area contributed by atoms with Crippen molar-refractivity contribution in [1.82, 2.24) is 14.5 Å². The predicted octanol–water partition coefficient (Wildman–Crippen LogP) is 6.11. The van der Waals surface area contributed by atoms with Crippen LogP contribution in [0.15, 0.2) is 54.6 Å². The summed E-state index contributed by atoms with van der Waals surface area (Å²) in [5.41, 5.74) is 4.04. The molecule has 0 amide bonds. The maximum atomic E-state index is 12.7. The number of aromatic nitrogens is 3. The molecule has 2 heterocycles. The van der Waals surface area contributed by atoms with E-state index in [-0.39, 0.29) is 0 Å². The molecule has 0 aliphatic carbocycles. The maximum Gasteiger partial charge on any atom is 0.416 e. The summed E-state index contributed by atoms with van der Waals surface area (Å²) < 4.78 is 40.2. The number of benzene rings is 2. The van der Waals surface area contributed by atoms with Gasteiger partial charge in [-0.25, -0.2) is 9.97 Å². The lowest BCUT2D eigenvalue weighted by Crippen LogP contribution is -2.05. The Kier molecular flexibility index (Phi) is 4.53. The zero-order valence-electron chi connectivity index (χ0n) is 16.2. The fraction of sp³-hybridized carbons (Fsp3) is 0.182. The topological polar surface area (TPSA) is 42.7 Å². The Labute approximate surface area is 166 Å². The first-order valence-corrected chi connectivity index (χ1v) is 9.10. The summed E-state index contributed by atoms with van der Waals surface area (Å²) in [6.07, 6.45) is -4.35. The van der Waals surface area contributed by atoms with Crippen molar-refractivity contribution in [2.75, 3.05) is 5.32 Å². The number of pyridine rings is 1. The van der Waals surface area contributed by atoms with E-state index in [4.69, 9.17) is 0 Å². The summed E-state index contributed by atoms with van der Waals surface area (Å²) in [6.45, 7) is 6.02. The number of nitrogens with zero attached hydrogens (tertiary/aromatic N) is 3. The zero-order valence-corrected chi connectivity index (χ0v) is 16.2. The molecular formula is C22H19F3N4. The van der Waals surface area contributed by atoms with Gasteiger partial charge in [-0.3, -0.25) is 4.57 Å². The molecule has 0 radical (unpaired) electrons. The number of hydrogen-bond donors (Lipinski definition) is 1. The molecule has 0 saturated carbocycles. The van der Waals surface area contributed by atoms with Gasteiger partial charge in [-0.05, 0) is 80.4 Å². The fourth-order valence-electron chi connectivity index (χ4n) is 3.25. The van der Waals surface area contributed by atoms with Gasteiger partial charge in [0, 0.05) is 5.69 Å². The van der Waals surface area contributed by atoms with Crippen molar-refractivity contribution in [2.24, 2.45) is 0 Å². The van der Waals surface area contributed by atoms with Gasteiger partial charge in [-0.15, -0.1) is 0 Å². The Morgan fingerprint density at radius 2 is 1.55 bits per heavy atom. The van der Waals surface area contributed by atoms with Crippen molar-refractivity contribution in [2.45, 2.75) is 26.9 Å². The molecular weight excluding hydrogens is 377 g/mol. The smallest absolute Gasteiger partial charge is 0.340 e. The lowest BCUT2D eigenvalue weighted by Gasteiger charge is -2.11. The second-order valence-corrected chi connectivity index (χ2v) is 7.00. The van der Waals surface area contributed by atoms with Crippen molar-refractivity contribution in [1.29, 1.82) is 0 Å². The lowest BCUT2D eigenvalue weighted by atomic mass is 10.1. The number of alkyl halides is 3. The van der Waals surface area contributed by atoms with Gasteiger partial charge < -0.3 is 5.32 Å². The molecule has 148 valence electrons. The van der Waals surface area contributed by atoms with Crippen molar-refractivity contribution >= 4 is 22.5 Å². The van der Waals surface area contributed by atoms with Gasteiger partial charge in [-0.2, -0.15) is 13.2 Å². The van der Waals surface area contributed by atoms with E-state index in [2.05, 4.69) is 41.3 Å². The number of nitrogens with one attached hydrogen (secondary N) is 1. The fourth-order valence-corrected chi connectivity index (χ4v) is 3.25. The summed E-state index contributed by atoms with van der Waals surface area (Å²) in [5.74, 6) is 2.03. The molecule has 0 bridgehead atoms. The van der Waals surface area contributed by atoms with Gasteiger partial charge >= 0.3 is 6.18 Å². The van der Waals surface area contributed by atoms with Gasteiger partial charge in [0.05, 0.1) is 16.6 Å². The van der Waals surface area contributed by atoms with Crippen LogP contribution in [-0.2, 0) is 6.18 Å². The average molecular weight is 396 g/mol. The van der Waals surface area contributed by atoms with Crippen LogP contribution in [0.4, 0.5) is 24.7 Å². The van der Waals surface area contributed by atoms with Crippen LogP contribution < -0.4 is 5.32 Å². The number of halogens is 3. The summed E-state index contributed by atoms with van der Waals surface area (Å²) in [7, 11) is 0. The normalized spacial score (nSPS) is 11.8. The molecule has 0 unspecified atom stereocenters. The van der Waals surface area contributed by atoms with E-state index in [0.29, 0.717) is 17.3 Å². The van der Waals surface area contributed by atoms with E-state index in [1.165, 1.54) is 17.7 Å². The largest absolute Gasteiger partial charge is 0.416 e. The molecule has 0 atom stereocenters. The molecule has 0 fully saturated rings. The first kappa shape index (κ1) is 19.0. The van der Waals surface area contributed by atoms with Crippen LogP contribution in [0.25, 0.3) is 16.9 Å². The average Bonchev–Trinajstić information content (AvgIpc) is 2.97. The van der Waals surface area contributed by atoms with Crippen LogP contribution in [0.1, 0.15) is 22.5 Å². The summed E-state index contributed by atoms with van der Waals surface area (Å²) in [4.78, 5) is 9.27. The Hall–Kier alpha value is -3.35. The quantitative estimate of drug-likeness (QED) is 0.454. The molecule has 2 aromatic carbocycles. The summed E-state index contributed by atoms with van der Waals surface area (Å²) in [5, 5.41) is 3.06. The number of anilines is 2. The Balaban J connectivity index is 1.69. The maximum absolute atomic E-state index is 12.7. The standard InChI is InChI=1S/C22H19F3N4/c1-13-11-18-19(12-14(13)2)29(15(3)26-18)21-6-4-5-20(28-21)27-17-9-7-16(8-10-17)22(23,24)25/h4-12H,1-3H3,(H,27,28). The third-order valence-electron chi connectivity index (χ3n) is 4.89. The Morgan fingerprint density at radius 1 is 0.862 bits per heavy atom. The zero-order chi connectivity index (χ0) is 20.8. The molecule has 0 aliphatic heterocycles. The minimum atomic E-state index is -4.35. The van der Waals surface area contributed by atoms with Crippen molar-refractivity contribution in [3.05, 3.63) is 77.1 Å². The van der Waals surface area contributed by atoms with E-state index < -0.39 is 11.7 Å². The first-order chi connectivity index (χ1) is 13.7. The Bertz CT molecular complexity index is 1190. The van der Waals surface area contributed by atoms with Crippen LogP contribution in [0, 0.1) is 20.8 Å². The highest BCUT2D eigenvalue weighted by atomic mass is 19.4. The van der Waals surface area contributed by atoms with Crippen LogP contribution in [-0.4, -0.2) is 14.5 Å². The van der Waals surface area contributed by atoms with Crippen LogP contribution in [0.3, 0.4) is 0 Å². The highest BCUT2D eigenvalue weighted by Gasteiger charge is 2.29. The third kappa shape index (κ3) is 3.68. The molecule has 0 spiro atoms. The number of hydrogen-bond acceptors (Lipinski definition) is 3. The van der Waals surface area contributed by atoms with E-state index >= 15 is 0 Å². The van der Waals surface area contributed by atoms with Crippen LogP contribution >= 0.6 is 0 Å². The number of aryl methyl sites for hydroxylation is 3. The SMILES string of the molecule is Cc1cc2nc(C)n(-c3cccc(Nc4ccc(C(F)(F)F)cc4)n3)c2cc1C. The first-order valence-electron chi connectivity index (χ1n) is 9.10. The van der Waals surface area contributed by atoms with E-state index in [0.717, 1.165) is 34.6 Å². The molecule has 1 N–H and O–H groups in total. The Morgan fingerprint density at radius 3 is 2.24 bits per heavy atom.